The molecule has 0 aliphatic heterocycles. The highest BCUT2D eigenvalue weighted by Crippen LogP contribution is 2.24. The van der Waals surface area contributed by atoms with Crippen LogP contribution in [0, 0.1) is 12.7 Å². The fourth-order valence-electron chi connectivity index (χ4n) is 1.37. The lowest BCUT2D eigenvalue weighted by molar-refractivity contribution is -0.366. The van der Waals surface area contributed by atoms with Crippen molar-refractivity contribution in [1.29, 1.82) is 0 Å². The van der Waals surface area contributed by atoms with Gasteiger partial charge >= 0.3 is 0 Å². The standard InChI is InChI=1S/C11H10FNOS/c1-7-13-10(6-15-7)8-3-4-11(14-2)9(12)5-8/h3-6H,1-2H3/p+1. The number of halogens is 1. The molecule has 2 aromatic rings. The molecule has 2 nitrogen and oxygen atoms in total. The quantitative estimate of drug-likeness (QED) is 0.769. The maximum atomic E-state index is 13.4. The first-order valence-corrected chi connectivity index (χ1v) is 5.40. The minimum absolute atomic E-state index is 0.269. The van der Waals surface area contributed by atoms with Gasteiger partial charge in [-0.05, 0) is 18.2 Å². The third-order valence-corrected chi connectivity index (χ3v) is 2.94. The second kappa shape index (κ2) is 3.98. The molecule has 78 valence electrons. The first-order chi connectivity index (χ1) is 7.20. The van der Waals surface area contributed by atoms with E-state index in [9.17, 15) is 4.39 Å². The lowest BCUT2D eigenvalue weighted by Gasteiger charge is -2.01. The molecule has 0 saturated carbocycles. The zero-order chi connectivity index (χ0) is 10.8. The summed E-state index contributed by atoms with van der Waals surface area (Å²) < 4.78 is 18.3. The summed E-state index contributed by atoms with van der Waals surface area (Å²) in [5.41, 5.74) is 1.76. The summed E-state index contributed by atoms with van der Waals surface area (Å²) in [6.07, 6.45) is 0. The third kappa shape index (κ3) is 1.99. The number of nitrogens with one attached hydrogen (secondary N) is 1. The lowest BCUT2D eigenvalue weighted by atomic mass is 10.1. The number of hydrogen-bond acceptors (Lipinski definition) is 2. The zero-order valence-corrected chi connectivity index (χ0v) is 9.32. The Morgan fingerprint density at radius 2 is 2.20 bits per heavy atom. The topological polar surface area (TPSA) is 23.4 Å². The van der Waals surface area contributed by atoms with E-state index >= 15 is 0 Å². The number of aromatic nitrogens is 1. The molecule has 0 fully saturated rings. The molecule has 0 unspecified atom stereocenters. The van der Waals surface area contributed by atoms with Gasteiger partial charge in [0, 0.05) is 6.92 Å². The van der Waals surface area contributed by atoms with E-state index in [0.717, 1.165) is 16.3 Å². The molecule has 0 spiro atoms. The molecular formula is C11H11FNOS+. The second-order valence-corrected chi connectivity index (χ2v) is 4.26. The Bertz CT molecular complexity index is 481. The lowest BCUT2D eigenvalue weighted by Crippen LogP contribution is -2.04. The van der Waals surface area contributed by atoms with Crippen LogP contribution < -0.4 is 9.72 Å². The molecular weight excluding hydrogens is 213 g/mol. The van der Waals surface area contributed by atoms with Crippen LogP contribution in [0.15, 0.2) is 23.6 Å². The highest BCUT2D eigenvalue weighted by Gasteiger charge is 2.11. The normalized spacial score (nSPS) is 10.3. The molecule has 4 heteroatoms. The maximum absolute atomic E-state index is 13.4. The van der Waals surface area contributed by atoms with Crippen molar-refractivity contribution in [2.45, 2.75) is 6.92 Å². The maximum Gasteiger partial charge on any atom is 0.232 e. The van der Waals surface area contributed by atoms with E-state index in [1.54, 1.807) is 17.4 Å². The van der Waals surface area contributed by atoms with Gasteiger partial charge in [-0.1, -0.05) is 11.3 Å². The number of aryl methyl sites for hydroxylation is 1. The average molecular weight is 224 g/mol. The number of hydrogen-bond donors (Lipinski definition) is 0. The van der Waals surface area contributed by atoms with E-state index in [-0.39, 0.29) is 11.6 Å². The van der Waals surface area contributed by atoms with Crippen molar-refractivity contribution < 1.29 is 14.1 Å². The molecule has 0 saturated heterocycles. The van der Waals surface area contributed by atoms with Gasteiger partial charge in [0.15, 0.2) is 11.6 Å². The van der Waals surface area contributed by atoms with Crippen molar-refractivity contribution in [1.82, 2.24) is 0 Å². The van der Waals surface area contributed by atoms with Gasteiger partial charge in [0.05, 0.1) is 18.1 Å². The summed E-state index contributed by atoms with van der Waals surface area (Å²) in [4.78, 5) is 3.17. The molecule has 1 aromatic carbocycles. The van der Waals surface area contributed by atoms with Gasteiger partial charge in [-0.3, -0.25) is 0 Å². The molecule has 0 atom stereocenters. The summed E-state index contributed by atoms with van der Waals surface area (Å²) in [6, 6.07) is 4.93. The average Bonchev–Trinajstić information content (AvgIpc) is 2.65. The largest absolute Gasteiger partial charge is 0.494 e. The van der Waals surface area contributed by atoms with Crippen LogP contribution in [0.5, 0.6) is 5.75 Å². The van der Waals surface area contributed by atoms with Crippen molar-refractivity contribution in [3.8, 4) is 17.0 Å². The molecule has 0 aliphatic carbocycles. The van der Waals surface area contributed by atoms with Crippen molar-refractivity contribution in [3.63, 3.8) is 0 Å². The van der Waals surface area contributed by atoms with Crippen LogP contribution in [0.25, 0.3) is 11.3 Å². The summed E-state index contributed by atoms with van der Waals surface area (Å²) in [6.45, 7) is 1.98. The number of methoxy groups -OCH3 is 1. The highest BCUT2D eigenvalue weighted by atomic mass is 32.1. The zero-order valence-electron chi connectivity index (χ0n) is 8.50. The van der Waals surface area contributed by atoms with E-state index in [1.807, 2.05) is 18.4 Å². The Kier molecular flexibility index (Phi) is 2.68. The van der Waals surface area contributed by atoms with Crippen LogP contribution >= 0.6 is 11.3 Å². The molecule has 15 heavy (non-hydrogen) atoms. The molecule has 1 heterocycles. The van der Waals surface area contributed by atoms with Crippen molar-refractivity contribution >= 4 is 11.3 Å². The molecule has 1 aromatic heterocycles. The Balaban J connectivity index is 2.42. The number of aromatic amines is 1. The van der Waals surface area contributed by atoms with E-state index < -0.39 is 0 Å². The third-order valence-electron chi connectivity index (χ3n) is 2.13. The number of benzene rings is 1. The SMILES string of the molecule is COc1ccc(-c2csc(C)[nH+]2)cc1F. The number of thiazole rings is 1. The monoisotopic (exact) mass is 224 g/mol. The summed E-state index contributed by atoms with van der Waals surface area (Å²) in [5, 5.41) is 3.07. The Morgan fingerprint density at radius 1 is 1.40 bits per heavy atom. The molecule has 0 bridgehead atoms. The van der Waals surface area contributed by atoms with E-state index in [4.69, 9.17) is 4.74 Å². The van der Waals surface area contributed by atoms with Crippen LogP contribution in [0.1, 0.15) is 5.01 Å². The first-order valence-electron chi connectivity index (χ1n) is 4.52. The van der Waals surface area contributed by atoms with E-state index in [1.165, 1.54) is 13.2 Å². The van der Waals surface area contributed by atoms with Crippen LogP contribution in [0.2, 0.25) is 0 Å². The van der Waals surface area contributed by atoms with Crippen LogP contribution in [-0.2, 0) is 0 Å². The summed E-state index contributed by atoms with van der Waals surface area (Å²) >= 11 is 1.61. The van der Waals surface area contributed by atoms with E-state index in [0.29, 0.717) is 0 Å². The van der Waals surface area contributed by atoms with Gasteiger partial charge < -0.3 is 4.74 Å². The summed E-state index contributed by atoms with van der Waals surface area (Å²) in [5.74, 6) is -0.0713. The Labute approximate surface area is 91.4 Å². The molecule has 1 N–H and O–H groups in total. The van der Waals surface area contributed by atoms with Crippen LogP contribution in [0.4, 0.5) is 4.39 Å². The van der Waals surface area contributed by atoms with Crippen molar-refractivity contribution in [2.24, 2.45) is 0 Å². The van der Waals surface area contributed by atoms with Gasteiger partial charge in [-0.25, -0.2) is 4.39 Å². The second-order valence-electron chi connectivity index (χ2n) is 3.18. The van der Waals surface area contributed by atoms with Gasteiger partial charge in [0.2, 0.25) is 10.7 Å². The predicted molar refractivity (Wildman–Crippen MR) is 57.6 cm³/mol. The van der Waals surface area contributed by atoms with Crippen LogP contribution in [0.3, 0.4) is 0 Å². The minimum Gasteiger partial charge on any atom is -0.494 e. The molecule has 0 radical (unpaired) electrons. The number of ether oxygens (including phenoxy) is 1. The Hall–Kier alpha value is -1.42. The van der Waals surface area contributed by atoms with Crippen molar-refractivity contribution in [3.05, 3.63) is 34.4 Å². The van der Waals surface area contributed by atoms with Gasteiger partial charge in [-0.15, -0.1) is 0 Å². The highest BCUT2D eigenvalue weighted by molar-refractivity contribution is 7.09. The fourth-order valence-corrected chi connectivity index (χ4v) is 2.03. The van der Waals surface area contributed by atoms with Gasteiger partial charge in [0.25, 0.3) is 0 Å². The van der Waals surface area contributed by atoms with Crippen molar-refractivity contribution in [2.75, 3.05) is 7.11 Å². The van der Waals surface area contributed by atoms with E-state index in [2.05, 4.69) is 4.98 Å². The first kappa shape index (κ1) is 10.1. The molecule has 0 amide bonds. The predicted octanol–water partition coefficient (Wildman–Crippen LogP) is 2.69. The smallest absolute Gasteiger partial charge is 0.232 e. The van der Waals surface area contributed by atoms with Gasteiger partial charge in [-0.2, -0.15) is 4.98 Å². The number of rotatable bonds is 2. The molecule has 0 aliphatic rings. The molecule has 2 rings (SSSR count). The van der Waals surface area contributed by atoms with Crippen LogP contribution in [-0.4, -0.2) is 7.11 Å². The number of H-pyrrole nitrogens is 1. The van der Waals surface area contributed by atoms with Gasteiger partial charge in [0.1, 0.15) is 0 Å². The Morgan fingerprint density at radius 3 is 2.73 bits per heavy atom. The fraction of sp³-hybridized carbons (Fsp3) is 0.182. The minimum atomic E-state index is -0.341. The summed E-state index contributed by atoms with van der Waals surface area (Å²) in [7, 11) is 1.46.